The van der Waals surface area contributed by atoms with Crippen molar-refractivity contribution in [1.82, 2.24) is 0 Å². The highest BCUT2D eigenvalue weighted by molar-refractivity contribution is 5.34. The van der Waals surface area contributed by atoms with Crippen molar-refractivity contribution in [3.8, 4) is 0 Å². The molecule has 0 spiro atoms. The van der Waals surface area contributed by atoms with Gasteiger partial charge < -0.3 is 5.11 Å². The van der Waals surface area contributed by atoms with Crippen molar-refractivity contribution in [2.24, 2.45) is 0 Å². The van der Waals surface area contributed by atoms with Crippen LogP contribution in [-0.2, 0) is 6.42 Å². The summed E-state index contributed by atoms with van der Waals surface area (Å²) in [6, 6.07) is 14.9. The second-order valence-electron chi connectivity index (χ2n) is 5.36. The normalized spacial score (nSPS) is 12.4. The Balaban J connectivity index is 2.24. The lowest BCUT2D eigenvalue weighted by Gasteiger charge is -2.17. The summed E-state index contributed by atoms with van der Waals surface area (Å²) in [6.45, 7) is 6.57. The zero-order valence-corrected chi connectivity index (χ0v) is 12.0. The lowest BCUT2D eigenvalue weighted by molar-refractivity contribution is 0.264. The van der Waals surface area contributed by atoms with Crippen LogP contribution >= 0.6 is 0 Å². The van der Waals surface area contributed by atoms with E-state index in [1.807, 2.05) is 12.1 Å². The molecule has 0 fully saturated rings. The van der Waals surface area contributed by atoms with E-state index in [9.17, 15) is 5.11 Å². The highest BCUT2D eigenvalue weighted by Gasteiger charge is 2.13. The van der Waals surface area contributed by atoms with Crippen LogP contribution in [-0.4, -0.2) is 11.7 Å². The predicted octanol–water partition coefficient (Wildman–Crippen LogP) is 3.93. The lowest BCUT2D eigenvalue weighted by atomic mass is 9.89. The number of hydrogen-bond donors (Lipinski definition) is 1. The summed E-state index contributed by atoms with van der Waals surface area (Å²) >= 11 is 0. The minimum Gasteiger partial charge on any atom is -0.396 e. The number of benzene rings is 2. The minimum atomic E-state index is 0.184. The molecule has 1 nitrogen and oxygen atoms in total. The van der Waals surface area contributed by atoms with Gasteiger partial charge in [0.2, 0.25) is 0 Å². The average molecular weight is 254 g/mol. The standard InChI is InChI=1S/C18H22O/c1-13-8-9-16(10-15(13)3)11-17(12-19)18-7-5-4-6-14(18)2/h4-10,17,19H,11-12H2,1-3H3. The van der Waals surface area contributed by atoms with Crippen LogP contribution in [0.15, 0.2) is 42.5 Å². The smallest absolute Gasteiger partial charge is 0.0503 e. The van der Waals surface area contributed by atoms with Gasteiger partial charge in [0.15, 0.2) is 0 Å². The molecule has 0 heterocycles. The van der Waals surface area contributed by atoms with Gasteiger partial charge in [-0.3, -0.25) is 0 Å². The van der Waals surface area contributed by atoms with Crippen molar-refractivity contribution in [2.45, 2.75) is 33.1 Å². The quantitative estimate of drug-likeness (QED) is 0.876. The summed E-state index contributed by atoms with van der Waals surface area (Å²) in [5.74, 6) is 0.184. The monoisotopic (exact) mass is 254 g/mol. The fraction of sp³-hybridized carbons (Fsp3) is 0.333. The minimum absolute atomic E-state index is 0.184. The Morgan fingerprint density at radius 1 is 0.895 bits per heavy atom. The van der Waals surface area contributed by atoms with Crippen molar-refractivity contribution in [3.63, 3.8) is 0 Å². The zero-order chi connectivity index (χ0) is 13.8. The Bertz CT molecular complexity index is 557. The van der Waals surface area contributed by atoms with E-state index in [1.165, 1.54) is 27.8 Å². The molecule has 19 heavy (non-hydrogen) atoms. The Labute approximate surface area is 115 Å². The van der Waals surface area contributed by atoms with Crippen LogP contribution < -0.4 is 0 Å². The van der Waals surface area contributed by atoms with Crippen molar-refractivity contribution >= 4 is 0 Å². The summed E-state index contributed by atoms with van der Waals surface area (Å²) in [5.41, 5.74) is 6.44. The Morgan fingerprint density at radius 3 is 2.26 bits per heavy atom. The fourth-order valence-corrected chi connectivity index (χ4v) is 2.53. The summed E-state index contributed by atoms with van der Waals surface area (Å²) in [5, 5.41) is 9.69. The first-order chi connectivity index (χ1) is 9.11. The number of hydrogen-bond acceptors (Lipinski definition) is 1. The third-order valence-corrected chi connectivity index (χ3v) is 3.90. The van der Waals surface area contributed by atoms with Gasteiger partial charge in [0.25, 0.3) is 0 Å². The molecule has 0 aromatic heterocycles. The molecule has 0 saturated heterocycles. The van der Waals surface area contributed by atoms with Gasteiger partial charge in [-0.1, -0.05) is 42.5 Å². The Hall–Kier alpha value is -1.60. The van der Waals surface area contributed by atoms with Gasteiger partial charge >= 0.3 is 0 Å². The molecule has 0 amide bonds. The van der Waals surface area contributed by atoms with Crippen LogP contribution in [0.3, 0.4) is 0 Å². The van der Waals surface area contributed by atoms with Crippen LogP contribution in [0.4, 0.5) is 0 Å². The van der Waals surface area contributed by atoms with Crippen LogP contribution in [0.1, 0.15) is 33.7 Å². The van der Waals surface area contributed by atoms with E-state index >= 15 is 0 Å². The van der Waals surface area contributed by atoms with Gasteiger partial charge in [-0.05, 0) is 55.0 Å². The van der Waals surface area contributed by atoms with Gasteiger partial charge in [0, 0.05) is 5.92 Å². The molecule has 2 aromatic rings. The summed E-state index contributed by atoms with van der Waals surface area (Å²) in [4.78, 5) is 0. The van der Waals surface area contributed by atoms with Gasteiger partial charge in [0.1, 0.15) is 0 Å². The van der Waals surface area contributed by atoms with Gasteiger partial charge in [-0.2, -0.15) is 0 Å². The molecular weight excluding hydrogens is 232 g/mol. The second kappa shape index (κ2) is 6.03. The number of aliphatic hydroxyl groups excluding tert-OH is 1. The third kappa shape index (κ3) is 3.24. The van der Waals surface area contributed by atoms with E-state index in [1.54, 1.807) is 0 Å². The molecule has 1 unspecified atom stereocenters. The molecule has 0 aliphatic heterocycles. The maximum Gasteiger partial charge on any atom is 0.0503 e. The third-order valence-electron chi connectivity index (χ3n) is 3.90. The van der Waals surface area contributed by atoms with Gasteiger partial charge in [-0.25, -0.2) is 0 Å². The highest BCUT2D eigenvalue weighted by atomic mass is 16.3. The maximum absolute atomic E-state index is 9.69. The van der Waals surface area contributed by atoms with Crippen LogP contribution in [0.2, 0.25) is 0 Å². The van der Waals surface area contributed by atoms with Gasteiger partial charge in [-0.15, -0.1) is 0 Å². The Kier molecular flexibility index (Phi) is 4.39. The first-order valence-corrected chi connectivity index (χ1v) is 6.84. The maximum atomic E-state index is 9.69. The largest absolute Gasteiger partial charge is 0.396 e. The molecule has 100 valence electrons. The average Bonchev–Trinajstić information content (AvgIpc) is 2.41. The molecule has 0 aliphatic carbocycles. The molecule has 1 heteroatoms. The number of aryl methyl sites for hydroxylation is 3. The van der Waals surface area contributed by atoms with Crippen LogP contribution in [0, 0.1) is 20.8 Å². The first kappa shape index (κ1) is 13.8. The molecule has 0 radical (unpaired) electrons. The molecule has 1 atom stereocenters. The highest BCUT2D eigenvalue weighted by Crippen LogP contribution is 2.24. The SMILES string of the molecule is Cc1ccc(CC(CO)c2ccccc2C)cc1C. The predicted molar refractivity (Wildman–Crippen MR) is 80.6 cm³/mol. The van der Waals surface area contributed by atoms with E-state index < -0.39 is 0 Å². The van der Waals surface area contributed by atoms with E-state index in [2.05, 4.69) is 51.1 Å². The van der Waals surface area contributed by atoms with Crippen molar-refractivity contribution < 1.29 is 5.11 Å². The fourth-order valence-electron chi connectivity index (χ4n) is 2.53. The summed E-state index contributed by atoms with van der Waals surface area (Å²) in [7, 11) is 0. The number of rotatable bonds is 4. The lowest BCUT2D eigenvalue weighted by Crippen LogP contribution is -2.09. The van der Waals surface area contributed by atoms with Crippen LogP contribution in [0.25, 0.3) is 0 Å². The molecular formula is C18H22O. The van der Waals surface area contributed by atoms with Crippen molar-refractivity contribution in [2.75, 3.05) is 6.61 Å². The molecule has 0 saturated carbocycles. The molecule has 2 rings (SSSR count). The van der Waals surface area contributed by atoms with Crippen molar-refractivity contribution in [1.29, 1.82) is 0 Å². The summed E-state index contributed by atoms with van der Waals surface area (Å²) in [6.07, 6.45) is 0.891. The van der Waals surface area contributed by atoms with Crippen molar-refractivity contribution in [3.05, 3.63) is 70.3 Å². The molecule has 0 aliphatic rings. The molecule has 0 bridgehead atoms. The molecule has 2 aromatic carbocycles. The topological polar surface area (TPSA) is 20.2 Å². The van der Waals surface area contributed by atoms with E-state index in [0.29, 0.717) is 0 Å². The van der Waals surface area contributed by atoms with Gasteiger partial charge in [0.05, 0.1) is 6.61 Å². The second-order valence-corrected chi connectivity index (χ2v) is 5.36. The Morgan fingerprint density at radius 2 is 1.63 bits per heavy atom. The van der Waals surface area contributed by atoms with E-state index in [0.717, 1.165) is 6.42 Å². The van der Waals surface area contributed by atoms with E-state index in [4.69, 9.17) is 0 Å². The van der Waals surface area contributed by atoms with E-state index in [-0.39, 0.29) is 12.5 Å². The summed E-state index contributed by atoms with van der Waals surface area (Å²) < 4.78 is 0. The molecule has 1 N–H and O–H groups in total. The number of aliphatic hydroxyl groups is 1. The zero-order valence-electron chi connectivity index (χ0n) is 12.0. The first-order valence-electron chi connectivity index (χ1n) is 6.84. The van der Waals surface area contributed by atoms with Crippen LogP contribution in [0.5, 0.6) is 0 Å².